The first kappa shape index (κ1) is 31.5. The molecular weight excluding hydrogens is 550 g/mol. The van der Waals surface area contributed by atoms with Crippen LogP contribution in [-0.4, -0.2) is 90.8 Å². The van der Waals surface area contributed by atoms with Gasteiger partial charge in [-0.25, -0.2) is 4.79 Å². The van der Waals surface area contributed by atoms with Crippen molar-refractivity contribution in [3.8, 4) is 0 Å². The van der Waals surface area contributed by atoms with Crippen molar-refractivity contribution in [2.24, 2.45) is 5.92 Å². The van der Waals surface area contributed by atoms with Crippen molar-refractivity contribution in [2.75, 3.05) is 32.1 Å². The number of hydrogen-bond donors (Lipinski definition) is 2. The number of carbonyl (C=O) groups is 5. The van der Waals surface area contributed by atoms with Gasteiger partial charge in [0.05, 0.1) is 12.6 Å². The van der Waals surface area contributed by atoms with Crippen LogP contribution in [-0.2, 0) is 25.7 Å². The molecule has 4 rings (SSSR count). The standard InChI is InChI=1S/C32H41N5O6/c1-20(2)17-25(34-29(39)23-11-13-24(14-12-23)35(4)5)31(41)36-16-15-26-28(36)27(38)18-37(26)30(40)21(3)33-32(42)43-19-22-9-7-6-8-10-22/h6-14,20-21,25-26,28H,15-19H2,1-5H3,(H,33,42)(H,34,39)/t21-,25+,26-,28+/m1/s1. The zero-order valence-corrected chi connectivity index (χ0v) is 25.4. The normalized spacial score (nSPS) is 19.1. The van der Waals surface area contributed by atoms with Crippen LogP contribution in [0.4, 0.5) is 10.5 Å². The Morgan fingerprint density at radius 3 is 2.23 bits per heavy atom. The quantitative estimate of drug-likeness (QED) is 0.435. The number of nitrogens with one attached hydrogen (secondary N) is 2. The van der Waals surface area contributed by atoms with Gasteiger partial charge in [0.1, 0.15) is 24.7 Å². The van der Waals surface area contributed by atoms with Crippen LogP contribution in [0.1, 0.15) is 49.5 Å². The minimum atomic E-state index is -0.925. The molecule has 230 valence electrons. The lowest BCUT2D eigenvalue weighted by Gasteiger charge is -2.29. The molecule has 0 aromatic heterocycles. The topological polar surface area (TPSA) is 128 Å². The van der Waals surface area contributed by atoms with Crippen molar-refractivity contribution < 1.29 is 28.7 Å². The third-order valence-corrected chi connectivity index (χ3v) is 7.86. The summed E-state index contributed by atoms with van der Waals surface area (Å²) < 4.78 is 5.23. The van der Waals surface area contributed by atoms with Gasteiger partial charge in [0.2, 0.25) is 11.8 Å². The molecule has 2 aliphatic rings. The van der Waals surface area contributed by atoms with E-state index in [0.29, 0.717) is 18.4 Å². The van der Waals surface area contributed by atoms with E-state index < -0.39 is 36.2 Å². The monoisotopic (exact) mass is 591 g/mol. The zero-order chi connectivity index (χ0) is 31.3. The number of nitrogens with zero attached hydrogens (tertiary/aromatic N) is 3. The molecule has 43 heavy (non-hydrogen) atoms. The number of Topliss-reactive ketones (excluding diaryl/α,β-unsaturated/α-hetero) is 1. The fourth-order valence-electron chi connectivity index (χ4n) is 5.66. The second-order valence-corrected chi connectivity index (χ2v) is 11.8. The Labute approximate surface area is 252 Å². The maximum absolute atomic E-state index is 13.8. The molecule has 0 saturated carbocycles. The minimum absolute atomic E-state index is 0.0625. The number of amides is 4. The number of ketones is 1. The van der Waals surface area contributed by atoms with Crippen molar-refractivity contribution in [1.82, 2.24) is 20.4 Å². The average Bonchev–Trinajstić information content (AvgIpc) is 3.56. The molecule has 2 aromatic rings. The van der Waals surface area contributed by atoms with Crippen LogP contribution in [0.3, 0.4) is 0 Å². The smallest absolute Gasteiger partial charge is 0.408 e. The second-order valence-electron chi connectivity index (χ2n) is 11.8. The molecule has 2 N–H and O–H groups in total. The summed E-state index contributed by atoms with van der Waals surface area (Å²) in [5, 5.41) is 5.43. The van der Waals surface area contributed by atoms with Gasteiger partial charge in [0.25, 0.3) is 5.91 Å². The number of rotatable bonds is 10. The van der Waals surface area contributed by atoms with Crippen molar-refractivity contribution in [1.29, 1.82) is 0 Å². The lowest BCUT2D eigenvalue weighted by molar-refractivity contribution is -0.138. The number of likely N-dealkylation sites (tertiary alicyclic amines) is 2. The van der Waals surface area contributed by atoms with Crippen LogP contribution >= 0.6 is 0 Å². The summed E-state index contributed by atoms with van der Waals surface area (Å²) in [6.45, 7) is 5.67. The highest BCUT2D eigenvalue weighted by atomic mass is 16.5. The van der Waals surface area contributed by atoms with Crippen molar-refractivity contribution >= 4 is 35.3 Å². The van der Waals surface area contributed by atoms with E-state index in [1.54, 1.807) is 19.1 Å². The molecule has 0 radical (unpaired) electrons. The first-order chi connectivity index (χ1) is 20.5. The summed E-state index contributed by atoms with van der Waals surface area (Å²) in [4.78, 5) is 70.6. The first-order valence-corrected chi connectivity index (χ1v) is 14.7. The molecule has 0 unspecified atom stereocenters. The molecule has 11 nitrogen and oxygen atoms in total. The fourth-order valence-corrected chi connectivity index (χ4v) is 5.66. The molecule has 2 saturated heterocycles. The fraction of sp³-hybridized carbons (Fsp3) is 0.469. The van der Waals surface area contributed by atoms with E-state index in [0.717, 1.165) is 11.3 Å². The molecular formula is C32H41N5O6. The number of benzene rings is 2. The summed E-state index contributed by atoms with van der Waals surface area (Å²) in [5.41, 5.74) is 2.19. The van der Waals surface area contributed by atoms with Crippen LogP contribution in [0.2, 0.25) is 0 Å². The molecule has 11 heteroatoms. The van der Waals surface area contributed by atoms with E-state index in [-0.39, 0.29) is 43.2 Å². The minimum Gasteiger partial charge on any atom is -0.445 e. The van der Waals surface area contributed by atoms with Gasteiger partial charge < -0.3 is 30.1 Å². The second kappa shape index (κ2) is 13.7. The van der Waals surface area contributed by atoms with Crippen LogP contribution in [0, 0.1) is 5.92 Å². The number of ether oxygens (including phenoxy) is 1. The Balaban J connectivity index is 1.39. The van der Waals surface area contributed by atoms with Crippen molar-refractivity contribution in [3.63, 3.8) is 0 Å². The molecule has 0 spiro atoms. The van der Waals surface area contributed by atoms with Gasteiger partial charge in [-0.2, -0.15) is 0 Å². The van der Waals surface area contributed by atoms with Crippen LogP contribution in [0.5, 0.6) is 0 Å². The van der Waals surface area contributed by atoms with Gasteiger partial charge >= 0.3 is 6.09 Å². The van der Waals surface area contributed by atoms with E-state index >= 15 is 0 Å². The van der Waals surface area contributed by atoms with E-state index in [2.05, 4.69) is 10.6 Å². The first-order valence-electron chi connectivity index (χ1n) is 14.7. The van der Waals surface area contributed by atoms with Gasteiger partial charge in [0.15, 0.2) is 5.78 Å². The summed E-state index contributed by atoms with van der Waals surface area (Å²) in [6, 6.07) is 13.2. The molecule has 4 amide bonds. The van der Waals surface area contributed by atoms with E-state index in [9.17, 15) is 24.0 Å². The third kappa shape index (κ3) is 7.52. The van der Waals surface area contributed by atoms with E-state index in [1.165, 1.54) is 9.80 Å². The van der Waals surface area contributed by atoms with Crippen molar-refractivity contribution in [3.05, 3.63) is 65.7 Å². The summed E-state index contributed by atoms with van der Waals surface area (Å²) in [6.07, 6.45) is 0.0866. The van der Waals surface area contributed by atoms with Gasteiger partial charge in [-0.15, -0.1) is 0 Å². The molecule has 2 aromatic carbocycles. The van der Waals surface area contributed by atoms with Crippen LogP contribution < -0.4 is 15.5 Å². The molecule has 0 aliphatic carbocycles. The molecule has 4 atom stereocenters. The van der Waals surface area contributed by atoms with E-state index in [1.807, 2.05) is 75.3 Å². The van der Waals surface area contributed by atoms with Gasteiger partial charge in [-0.1, -0.05) is 44.2 Å². The Kier molecular flexibility index (Phi) is 10.1. The summed E-state index contributed by atoms with van der Waals surface area (Å²) >= 11 is 0. The van der Waals surface area contributed by atoms with Gasteiger partial charge in [-0.3, -0.25) is 19.2 Å². The molecule has 2 fully saturated rings. The number of fused-ring (bicyclic) bond motifs is 1. The predicted molar refractivity (Wildman–Crippen MR) is 161 cm³/mol. The number of carbonyl (C=O) groups excluding carboxylic acids is 5. The maximum atomic E-state index is 13.8. The lowest BCUT2D eigenvalue weighted by atomic mass is 10.0. The summed E-state index contributed by atoms with van der Waals surface area (Å²) in [5.74, 6) is -1.25. The highest BCUT2D eigenvalue weighted by Crippen LogP contribution is 2.31. The highest BCUT2D eigenvalue weighted by Gasteiger charge is 2.52. The van der Waals surface area contributed by atoms with E-state index in [4.69, 9.17) is 4.74 Å². The molecule has 0 bridgehead atoms. The van der Waals surface area contributed by atoms with Crippen molar-refractivity contribution in [2.45, 2.75) is 64.4 Å². The Morgan fingerprint density at radius 1 is 0.930 bits per heavy atom. The van der Waals surface area contributed by atoms with Crippen LogP contribution in [0.25, 0.3) is 0 Å². The molecule has 2 aliphatic heterocycles. The predicted octanol–water partition coefficient (Wildman–Crippen LogP) is 2.59. The zero-order valence-electron chi connectivity index (χ0n) is 25.4. The summed E-state index contributed by atoms with van der Waals surface area (Å²) in [7, 11) is 3.82. The highest BCUT2D eigenvalue weighted by molar-refractivity contribution is 6.01. The number of anilines is 1. The van der Waals surface area contributed by atoms with Gasteiger partial charge in [-0.05, 0) is 55.5 Å². The Bertz CT molecular complexity index is 1330. The number of alkyl carbamates (subject to hydrolysis) is 1. The molecule has 2 heterocycles. The van der Waals surface area contributed by atoms with Gasteiger partial charge in [0, 0.05) is 31.9 Å². The third-order valence-electron chi connectivity index (χ3n) is 7.86. The average molecular weight is 592 g/mol. The number of hydrogen-bond acceptors (Lipinski definition) is 7. The SMILES string of the molecule is CC(C)C[C@H](NC(=O)c1ccc(N(C)C)cc1)C(=O)N1CC[C@@H]2[C@H]1C(=O)CN2C(=O)[C@@H](C)NC(=O)OCc1ccccc1. The Hall–Kier alpha value is -4.41. The van der Waals surface area contributed by atoms with Crippen LogP contribution in [0.15, 0.2) is 54.6 Å². The maximum Gasteiger partial charge on any atom is 0.408 e. The largest absolute Gasteiger partial charge is 0.445 e. The lowest BCUT2D eigenvalue weighted by Crippen LogP contribution is -2.53. The Morgan fingerprint density at radius 2 is 1.60 bits per heavy atom.